The van der Waals surface area contributed by atoms with Crippen molar-refractivity contribution in [3.05, 3.63) is 28.8 Å². The maximum absolute atomic E-state index is 9.83. The fourth-order valence-electron chi connectivity index (χ4n) is 2.47. The number of benzene rings is 1. The molecule has 0 spiro atoms. The summed E-state index contributed by atoms with van der Waals surface area (Å²) in [6, 6.07) is 5.90. The summed E-state index contributed by atoms with van der Waals surface area (Å²) in [6.07, 6.45) is 4.11. The smallest absolute Gasteiger partial charge is 0.119 e. The van der Waals surface area contributed by atoms with Gasteiger partial charge >= 0.3 is 0 Å². The van der Waals surface area contributed by atoms with Crippen molar-refractivity contribution in [3.8, 4) is 5.75 Å². The number of ether oxygens (including phenoxy) is 1. The van der Waals surface area contributed by atoms with Gasteiger partial charge in [-0.05, 0) is 43.5 Å². The molecule has 0 aromatic heterocycles. The third-order valence-electron chi connectivity index (χ3n) is 3.64. The molecule has 1 aromatic carbocycles. The Morgan fingerprint density at radius 1 is 1.37 bits per heavy atom. The predicted molar refractivity (Wildman–Crippen MR) is 77.9 cm³/mol. The van der Waals surface area contributed by atoms with Crippen molar-refractivity contribution in [1.82, 2.24) is 5.32 Å². The Hall–Kier alpha value is -0.770. The van der Waals surface area contributed by atoms with E-state index in [0.717, 1.165) is 42.1 Å². The summed E-state index contributed by atoms with van der Waals surface area (Å²) in [4.78, 5) is 0. The van der Waals surface area contributed by atoms with Crippen molar-refractivity contribution in [2.45, 2.75) is 44.8 Å². The van der Waals surface area contributed by atoms with E-state index in [0.29, 0.717) is 6.61 Å². The van der Waals surface area contributed by atoms with E-state index in [-0.39, 0.29) is 12.1 Å². The largest absolute Gasteiger partial charge is 0.492 e. The summed E-state index contributed by atoms with van der Waals surface area (Å²) >= 11 is 5.96. The summed E-state index contributed by atoms with van der Waals surface area (Å²) in [5.74, 6) is 0.841. The standard InChI is InChI=1S/C15H22ClNO2/c1-11-10-12(6-7-13(11)16)19-9-8-17-14-4-2-3-5-15(14)18/h6-7,10,14-15,17-18H,2-5,8-9H2,1H3/t14-,15-/m1/s1. The van der Waals surface area contributed by atoms with Gasteiger partial charge in [-0.25, -0.2) is 0 Å². The zero-order valence-corrected chi connectivity index (χ0v) is 12.1. The molecule has 1 aliphatic rings. The van der Waals surface area contributed by atoms with E-state index in [1.165, 1.54) is 6.42 Å². The molecule has 4 heteroatoms. The van der Waals surface area contributed by atoms with Gasteiger partial charge in [-0.15, -0.1) is 0 Å². The Bertz CT molecular complexity index is 411. The molecule has 2 atom stereocenters. The molecule has 0 aliphatic heterocycles. The van der Waals surface area contributed by atoms with Gasteiger partial charge in [0, 0.05) is 17.6 Å². The van der Waals surface area contributed by atoms with E-state index in [1.54, 1.807) is 0 Å². The molecule has 1 saturated carbocycles. The van der Waals surface area contributed by atoms with Crippen molar-refractivity contribution in [3.63, 3.8) is 0 Å². The number of hydrogen-bond donors (Lipinski definition) is 2. The molecule has 0 saturated heterocycles. The summed E-state index contributed by atoms with van der Waals surface area (Å²) in [5, 5.41) is 14.0. The highest BCUT2D eigenvalue weighted by molar-refractivity contribution is 6.31. The second-order valence-corrected chi connectivity index (χ2v) is 5.58. The molecule has 1 aliphatic carbocycles. The van der Waals surface area contributed by atoms with Crippen LogP contribution in [0.4, 0.5) is 0 Å². The van der Waals surface area contributed by atoms with E-state index in [4.69, 9.17) is 16.3 Å². The Balaban J connectivity index is 1.70. The average molecular weight is 284 g/mol. The maximum Gasteiger partial charge on any atom is 0.119 e. The number of hydrogen-bond acceptors (Lipinski definition) is 3. The minimum atomic E-state index is -0.202. The van der Waals surface area contributed by atoms with Crippen LogP contribution >= 0.6 is 11.6 Å². The zero-order chi connectivity index (χ0) is 13.7. The van der Waals surface area contributed by atoms with Crippen LogP contribution in [0.15, 0.2) is 18.2 Å². The first-order valence-electron chi connectivity index (χ1n) is 6.97. The van der Waals surface area contributed by atoms with E-state index in [2.05, 4.69) is 5.32 Å². The minimum absolute atomic E-state index is 0.202. The molecule has 2 rings (SSSR count). The molecule has 19 heavy (non-hydrogen) atoms. The molecule has 3 nitrogen and oxygen atoms in total. The van der Waals surface area contributed by atoms with Gasteiger partial charge < -0.3 is 15.2 Å². The molecule has 0 radical (unpaired) electrons. The summed E-state index contributed by atoms with van der Waals surface area (Å²) in [5.41, 5.74) is 1.02. The lowest BCUT2D eigenvalue weighted by atomic mass is 9.93. The lowest BCUT2D eigenvalue weighted by Gasteiger charge is -2.28. The fourth-order valence-corrected chi connectivity index (χ4v) is 2.59. The maximum atomic E-state index is 9.83. The highest BCUT2D eigenvalue weighted by Gasteiger charge is 2.21. The molecular weight excluding hydrogens is 262 g/mol. The summed E-state index contributed by atoms with van der Waals surface area (Å²) < 4.78 is 5.67. The summed E-state index contributed by atoms with van der Waals surface area (Å²) in [7, 11) is 0. The lowest BCUT2D eigenvalue weighted by Crippen LogP contribution is -2.43. The Morgan fingerprint density at radius 2 is 2.16 bits per heavy atom. The monoisotopic (exact) mass is 283 g/mol. The van der Waals surface area contributed by atoms with Gasteiger partial charge in [0.1, 0.15) is 12.4 Å². The van der Waals surface area contributed by atoms with Crippen molar-refractivity contribution in [2.75, 3.05) is 13.2 Å². The number of aryl methyl sites for hydroxylation is 1. The Kier molecular flexibility index (Phi) is 5.49. The van der Waals surface area contributed by atoms with E-state index >= 15 is 0 Å². The first-order valence-corrected chi connectivity index (χ1v) is 7.35. The molecule has 106 valence electrons. The highest BCUT2D eigenvalue weighted by atomic mass is 35.5. The third kappa shape index (κ3) is 4.37. The first-order chi connectivity index (χ1) is 9.16. The molecule has 0 unspecified atom stereocenters. The molecule has 1 aromatic rings. The quantitative estimate of drug-likeness (QED) is 0.817. The number of aliphatic hydroxyl groups is 1. The molecule has 0 amide bonds. The van der Waals surface area contributed by atoms with Crippen LogP contribution in [0.3, 0.4) is 0 Å². The number of nitrogens with one attached hydrogen (secondary N) is 1. The van der Waals surface area contributed by atoms with Crippen LogP contribution in [0.25, 0.3) is 0 Å². The van der Waals surface area contributed by atoms with Crippen molar-refractivity contribution < 1.29 is 9.84 Å². The summed E-state index contributed by atoms with van der Waals surface area (Å²) in [6.45, 7) is 3.32. The zero-order valence-electron chi connectivity index (χ0n) is 11.4. The van der Waals surface area contributed by atoms with Gasteiger partial charge in [0.25, 0.3) is 0 Å². The van der Waals surface area contributed by atoms with E-state index < -0.39 is 0 Å². The van der Waals surface area contributed by atoms with Crippen LogP contribution < -0.4 is 10.1 Å². The van der Waals surface area contributed by atoms with Crippen LogP contribution in [0.5, 0.6) is 5.75 Å². The van der Waals surface area contributed by atoms with Gasteiger partial charge in [0.05, 0.1) is 6.10 Å². The van der Waals surface area contributed by atoms with Crippen LogP contribution in [0, 0.1) is 6.92 Å². The fraction of sp³-hybridized carbons (Fsp3) is 0.600. The molecule has 0 heterocycles. The van der Waals surface area contributed by atoms with Crippen molar-refractivity contribution in [1.29, 1.82) is 0 Å². The second-order valence-electron chi connectivity index (χ2n) is 5.17. The van der Waals surface area contributed by atoms with Gasteiger partial charge in [-0.1, -0.05) is 24.4 Å². The van der Waals surface area contributed by atoms with Gasteiger partial charge in [0.15, 0.2) is 0 Å². The van der Waals surface area contributed by atoms with Gasteiger partial charge in [-0.2, -0.15) is 0 Å². The van der Waals surface area contributed by atoms with Crippen molar-refractivity contribution in [2.24, 2.45) is 0 Å². The van der Waals surface area contributed by atoms with E-state index in [9.17, 15) is 5.11 Å². The van der Waals surface area contributed by atoms with E-state index in [1.807, 2.05) is 25.1 Å². The van der Waals surface area contributed by atoms with Crippen LogP contribution in [-0.4, -0.2) is 30.4 Å². The molecule has 2 N–H and O–H groups in total. The van der Waals surface area contributed by atoms with Gasteiger partial charge in [0.2, 0.25) is 0 Å². The molecule has 1 fully saturated rings. The third-order valence-corrected chi connectivity index (χ3v) is 4.06. The predicted octanol–water partition coefficient (Wildman–Crippen LogP) is 2.92. The number of aliphatic hydroxyl groups excluding tert-OH is 1. The lowest BCUT2D eigenvalue weighted by molar-refractivity contribution is 0.0890. The Morgan fingerprint density at radius 3 is 2.89 bits per heavy atom. The van der Waals surface area contributed by atoms with Crippen LogP contribution in [-0.2, 0) is 0 Å². The Labute approximate surface area is 119 Å². The number of halogens is 1. The van der Waals surface area contributed by atoms with Crippen molar-refractivity contribution >= 4 is 11.6 Å². The van der Waals surface area contributed by atoms with Gasteiger partial charge in [-0.3, -0.25) is 0 Å². The molecular formula is C15H22ClNO2. The average Bonchev–Trinajstić information content (AvgIpc) is 2.40. The minimum Gasteiger partial charge on any atom is -0.492 e. The van der Waals surface area contributed by atoms with Crippen LogP contribution in [0.2, 0.25) is 5.02 Å². The number of rotatable bonds is 5. The molecule has 0 bridgehead atoms. The normalized spacial score (nSPS) is 23.3. The SMILES string of the molecule is Cc1cc(OCCN[C@@H]2CCCC[C@H]2O)ccc1Cl. The highest BCUT2D eigenvalue weighted by Crippen LogP contribution is 2.21. The second kappa shape index (κ2) is 7.13. The first kappa shape index (κ1) is 14.6. The topological polar surface area (TPSA) is 41.5 Å². The van der Waals surface area contributed by atoms with Crippen LogP contribution in [0.1, 0.15) is 31.2 Å².